The fourth-order valence-corrected chi connectivity index (χ4v) is 4.70. The summed E-state index contributed by atoms with van der Waals surface area (Å²) in [7, 11) is 0. The Morgan fingerprint density at radius 1 is 1.04 bits per heavy atom. The number of fused-ring (bicyclic) bond motifs is 1. The second-order valence-electron chi connectivity index (χ2n) is 6.59. The summed E-state index contributed by atoms with van der Waals surface area (Å²) in [5.41, 5.74) is 2.96. The normalized spacial score (nSPS) is 14.9. The van der Waals surface area contributed by atoms with E-state index in [2.05, 4.69) is 4.98 Å². The fraction of sp³-hybridized carbons (Fsp3) is 0.350. The third kappa shape index (κ3) is 2.93. The molecule has 1 aliphatic heterocycles. The number of piperidine rings is 1. The lowest BCUT2D eigenvalue weighted by atomic mass is 10.1. The molecule has 4 rings (SSSR count). The smallest absolute Gasteiger partial charge is 0.264 e. The molecule has 3 aromatic rings. The molecule has 0 atom stereocenters. The van der Waals surface area contributed by atoms with Crippen LogP contribution in [0.15, 0.2) is 30.3 Å². The van der Waals surface area contributed by atoms with E-state index in [0.29, 0.717) is 0 Å². The predicted molar refractivity (Wildman–Crippen MR) is 102 cm³/mol. The highest BCUT2D eigenvalue weighted by atomic mass is 32.1. The van der Waals surface area contributed by atoms with E-state index in [4.69, 9.17) is 4.98 Å². The summed E-state index contributed by atoms with van der Waals surface area (Å²) < 4.78 is 0. The van der Waals surface area contributed by atoms with Crippen molar-refractivity contribution in [1.29, 1.82) is 0 Å². The Hall–Kier alpha value is -2.27. The molecule has 25 heavy (non-hydrogen) atoms. The van der Waals surface area contributed by atoms with E-state index in [1.165, 1.54) is 17.8 Å². The van der Waals surface area contributed by atoms with Gasteiger partial charge in [0.1, 0.15) is 4.83 Å². The molecule has 1 aliphatic rings. The van der Waals surface area contributed by atoms with Gasteiger partial charge in [-0.25, -0.2) is 9.97 Å². The molecule has 0 spiro atoms. The Kier molecular flexibility index (Phi) is 4.25. The van der Waals surface area contributed by atoms with Gasteiger partial charge < -0.3 is 4.90 Å². The molecule has 5 heteroatoms. The second-order valence-corrected chi connectivity index (χ2v) is 7.59. The molecule has 4 nitrogen and oxygen atoms in total. The number of carbonyl (C=O) groups is 1. The first-order valence-corrected chi connectivity index (χ1v) is 9.59. The maximum atomic E-state index is 12.9. The molecule has 2 aromatic heterocycles. The van der Waals surface area contributed by atoms with Crippen molar-refractivity contribution in [2.24, 2.45) is 0 Å². The summed E-state index contributed by atoms with van der Waals surface area (Å²) in [6.45, 7) is 5.76. The van der Waals surface area contributed by atoms with Gasteiger partial charge in [-0.1, -0.05) is 30.3 Å². The largest absolute Gasteiger partial charge is 0.338 e. The highest BCUT2D eigenvalue weighted by Crippen LogP contribution is 2.34. The topological polar surface area (TPSA) is 46.1 Å². The van der Waals surface area contributed by atoms with Crippen molar-refractivity contribution in [2.45, 2.75) is 33.1 Å². The van der Waals surface area contributed by atoms with Crippen molar-refractivity contribution in [1.82, 2.24) is 14.9 Å². The monoisotopic (exact) mass is 351 g/mol. The summed E-state index contributed by atoms with van der Waals surface area (Å²) in [4.78, 5) is 26.1. The number of aryl methyl sites for hydroxylation is 2. The first-order valence-electron chi connectivity index (χ1n) is 8.77. The minimum Gasteiger partial charge on any atom is -0.338 e. The van der Waals surface area contributed by atoms with Gasteiger partial charge in [0.15, 0.2) is 5.82 Å². The van der Waals surface area contributed by atoms with E-state index < -0.39 is 0 Å². The predicted octanol–water partition coefficient (Wildman–Crippen LogP) is 4.60. The van der Waals surface area contributed by atoms with E-state index >= 15 is 0 Å². The van der Waals surface area contributed by atoms with Gasteiger partial charge in [0.2, 0.25) is 0 Å². The summed E-state index contributed by atoms with van der Waals surface area (Å²) in [5.74, 6) is 0.879. The lowest BCUT2D eigenvalue weighted by molar-refractivity contribution is 0.0728. The van der Waals surface area contributed by atoms with Crippen molar-refractivity contribution >= 4 is 27.5 Å². The lowest BCUT2D eigenvalue weighted by Crippen LogP contribution is -2.35. The summed E-state index contributed by atoms with van der Waals surface area (Å²) >= 11 is 1.51. The quantitative estimate of drug-likeness (QED) is 0.678. The van der Waals surface area contributed by atoms with Crippen molar-refractivity contribution in [3.05, 3.63) is 46.5 Å². The van der Waals surface area contributed by atoms with Crippen molar-refractivity contribution < 1.29 is 4.79 Å². The Balaban J connectivity index is 1.79. The average molecular weight is 351 g/mol. The minimum atomic E-state index is 0.154. The summed E-state index contributed by atoms with van der Waals surface area (Å²) in [6.07, 6.45) is 3.43. The maximum Gasteiger partial charge on any atom is 0.264 e. The Morgan fingerprint density at radius 3 is 2.48 bits per heavy atom. The Labute approximate surface area is 151 Å². The van der Waals surface area contributed by atoms with Crippen LogP contribution >= 0.6 is 11.3 Å². The number of benzene rings is 1. The van der Waals surface area contributed by atoms with Gasteiger partial charge in [0.25, 0.3) is 5.91 Å². The number of hydrogen-bond acceptors (Lipinski definition) is 4. The number of likely N-dealkylation sites (tertiary alicyclic amines) is 1. The number of rotatable bonds is 2. The standard InChI is InChI=1S/C20H21N3OS/c1-13-16-14(2)21-18(15-9-5-3-6-10-15)22-19(16)25-17(13)20(24)23-11-7-4-8-12-23/h3,5-6,9-10H,4,7-8,11-12H2,1-2H3. The number of amides is 1. The molecule has 1 aromatic carbocycles. The number of aromatic nitrogens is 2. The van der Waals surface area contributed by atoms with Gasteiger partial charge in [0, 0.05) is 24.0 Å². The van der Waals surface area contributed by atoms with Crippen LogP contribution in [0, 0.1) is 13.8 Å². The van der Waals surface area contributed by atoms with Crippen LogP contribution in [-0.4, -0.2) is 33.9 Å². The van der Waals surface area contributed by atoms with Gasteiger partial charge in [-0.3, -0.25) is 4.79 Å². The van der Waals surface area contributed by atoms with Gasteiger partial charge in [-0.15, -0.1) is 11.3 Å². The van der Waals surface area contributed by atoms with Crippen LogP contribution in [0.25, 0.3) is 21.6 Å². The molecular weight excluding hydrogens is 330 g/mol. The van der Waals surface area contributed by atoms with E-state index in [0.717, 1.165) is 63.7 Å². The molecule has 3 heterocycles. The summed E-state index contributed by atoms with van der Waals surface area (Å²) in [6, 6.07) is 9.99. The number of hydrogen-bond donors (Lipinski definition) is 0. The van der Waals surface area contributed by atoms with Gasteiger partial charge in [-0.05, 0) is 38.7 Å². The molecule has 0 saturated carbocycles. The van der Waals surface area contributed by atoms with Crippen molar-refractivity contribution in [2.75, 3.05) is 13.1 Å². The molecule has 1 saturated heterocycles. The Bertz CT molecular complexity index is 927. The molecule has 0 bridgehead atoms. The zero-order valence-electron chi connectivity index (χ0n) is 14.6. The van der Waals surface area contributed by atoms with Crippen LogP contribution in [0.4, 0.5) is 0 Å². The van der Waals surface area contributed by atoms with Crippen LogP contribution in [0.3, 0.4) is 0 Å². The first kappa shape index (κ1) is 16.2. The molecule has 1 fully saturated rings. The maximum absolute atomic E-state index is 12.9. The second kappa shape index (κ2) is 6.56. The van der Waals surface area contributed by atoms with Crippen molar-refractivity contribution in [3.63, 3.8) is 0 Å². The average Bonchev–Trinajstić information content (AvgIpc) is 2.99. The summed E-state index contributed by atoms with van der Waals surface area (Å²) in [5, 5.41) is 1.03. The molecular formula is C20H21N3OS. The van der Waals surface area contributed by atoms with Gasteiger partial charge in [0.05, 0.1) is 10.6 Å². The molecule has 0 aliphatic carbocycles. The van der Waals surface area contributed by atoms with E-state index in [1.807, 2.05) is 49.1 Å². The van der Waals surface area contributed by atoms with Gasteiger partial charge in [-0.2, -0.15) is 0 Å². The fourth-order valence-electron chi connectivity index (χ4n) is 3.50. The number of carbonyl (C=O) groups excluding carboxylic acids is 1. The van der Waals surface area contributed by atoms with Crippen molar-refractivity contribution in [3.8, 4) is 11.4 Å². The minimum absolute atomic E-state index is 0.154. The third-order valence-electron chi connectivity index (χ3n) is 4.84. The SMILES string of the molecule is Cc1nc(-c2ccccc2)nc2sc(C(=O)N3CCCCC3)c(C)c12. The zero-order valence-corrected chi connectivity index (χ0v) is 15.4. The highest BCUT2D eigenvalue weighted by Gasteiger charge is 2.24. The van der Waals surface area contributed by atoms with E-state index in [9.17, 15) is 4.79 Å². The third-order valence-corrected chi connectivity index (χ3v) is 6.01. The highest BCUT2D eigenvalue weighted by molar-refractivity contribution is 7.20. The molecule has 0 N–H and O–H groups in total. The molecule has 0 radical (unpaired) electrons. The lowest BCUT2D eigenvalue weighted by Gasteiger charge is -2.26. The number of nitrogens with zero attached hydrogens (tertiary/aromatic N) is 3. The van der Waals surface area contributed by atoms with Crippen LogP contribution in [0.5, 0.6) is 0 Å². The van der Waals surface area contributed by atoms with Crippen LogP contribution < -0.4 is 0 Å². The zero-order chi connectivity index (χ0) is 17.4. The van der Waals surface area contributed by atoms with Gasteiger partial charge >= 0.3 is 0 Å². The number of thiophene rings is 1. The first-order chi connectivity index (χ1) is 12.1. The van der Waals surface area contributed by atoms with E-state index in [-0.39, 0.29) is 5.91 Å². The van der Waals surface area contributed by atoms with Crippen LogP contribution in [0.2, 0.25) is 0 Å². The van der Waals surface area contributed by atoms with Crippen LogP contribution in [0.1, 0.15) is 40.2 Å². The molecule has 0 unspecified atom stereocenters. The van der Waals surface area contributed by atoms with E-state index in [1.54, 1.807) is 0 Å². The Morgan fingerprint density at radius 2 is 1.76 bits per heavy atom. The molecule has 128 valence electrons. The molecule has 1 amide bonds. The van der Waals surface area contributed by atoms with Crippen LogP contribution in [-0.2, 0) is 0 Å².